The van der Waals surface area contributed by atoms with Gasteiger partial charge in [-0.3, -0.25) is 4.98 Å². The normalized spacial score (nSPS) is 11.0. The third-order valence-electron chi connectivity index (χ3n) is 5.38. The lowest BCUT2D eigenvalue weighted by Gasteiger charge is -2.14. The van der Waals surface area contributed by atoms with Crippen molar-refractivity contribution < 1.29 is 14.2 Å². The van der Waals surface area contributed by atoms with Gasteiger partial charge in [-0.25, -0.2) is 14.5 Å². The molecular weight excluding hydrogens is 420 g/mol. The van der Waals surface area contributed by atoms with E-state index in [-0.39, 0.29) is 0 Å². The van der Waals surface area contributed by atoms with Crippen molar-refractivity contribution in [3.8, 4) is 28.6 Å². The summed E-state index contributed by atoms with van der Waals surface area (Å²) in [5.41, 5.74) is 4.19. The van der Waals surface area contributed by atoms with Crippen molar-refractivity contribution in [2.45, 2.75) is 6.92 Å². The molecule has 0 radical (unpaired) electrons. The molecule has 0 aliphatic heterocycles. The molecule has 3 aromatic heterocycles. The van der Waals surface area contributed by atoms with Crippen molar-refractivity contribution in [3.63, 3.8) is 0 Å². The summed E-state index contributed by atoms with van der Waals surface area (Å²) in [4.78, 5) is 13.7. The second-order valence-corrected chi connectivity index (χ2v) is 7.31. The molecule has 2 aromatic carbocycles. The van der Waals surface area contributed by atoms with Crippen LogP contribution in [0, 0.1) is 6.92 Å². The van der Waals surface area contributed by atoms with Crippen LogP contribution in [0.5, 0.6) is 17.2 Å². The van der Waals surface area contributed by atoms with Gasteiger partial charge in [0.25, 0.3) is 0 Å². The number of nitrogens with one attached hydrogen (secondary N) is 1. The van der Waals surface area contributed by atoms with Gasteiger partial charge in [-0.05, 0) is 19.1 Å². The first-order valence-corrected chi connectivity index (χ1v) is 10.3. The van der Waals surface area contributed by atoms with E-state index in [9.17, 15) is 0 Å². The number of ether oxygens (including phenoxy) is 3. The zero-order chi connectivity index (χ0) is 22.9. The van der Waals surface area contributed by atoms with Crippen molar-refractivity contribution in [1.82, 2.24) is 24.6 Å². The third-order valence-corrected chi connectivity index (χ3v) is 5.38. The van der Waals surface area contributed by atoms with Gasteiger partial charge in [0.1, 0.15) is 5.52 Å². The van der Waals surface area contributed by atoms with Crippen LogP contribution in [0.15, 0.2) is 54.9 Å². The summed E-state index contributed by atoms with van der Waals surface area (Å²) < 4.78 is 18.1. The number of methoxy groups -OCH3 is 3. The second-order valence-electron chi connectivity index (χ2n) is 7.31. The molecule has 0 saturated carbocycles. The van der Waals surface area contributed by atoms with E-state index < -0.39 is 0 Å². The number of nitrogens with zero attached hydrogens (tertiary/aromatic N) is 5. The Labute approximate surface area is 190 Å². The standard InChI is InChI=1S/C24H22N6O3/c1-14-19-13-26-24(28-15-11-20(31-2)22(33-4)21(12-15)32-3)29-30(19)23(27-14)17-7-5-9-18-16(17)8-6-10-25-18/h5-13H,1-4H3,(H,28,29). The Bertz CT molecular complexity index is 1450. The van der Waals surface area contributed by atoms with Crippen molar-refractivity contribution in [2.24, 2.45) is 0 Å². The highest BCUT2D eigenvalue weighted by atomic mass is 16.5. The fraction of sp³-hybridized carbons (Fsp3) is 0.167. The minimum atomic E-state index is 0.397. The Morgan fingerprint density at radius 1 is 0.909 bits per heavy atom. The van der Waals surface area contributed by atoms with Gasteiger partial charge >= 0.3 is 0 Å². The van der Waals surface area contributed by atoms with Gasteiger partial charge in [0.15, 0.2) is 17.3 Å². The largest absolute Gasteiger partial charge is 0.493 e. The van der Waals surface area contributed by atoms with Gasteiger partial charge in [0.2, 0.25) is 11.7 Å². The molecule has 0 spiro atoms. The Morgan fingerprint density at radius 3 is 2.42 bits per heavy atom. The molecule has 9 heteroatoms. The van der Waals surface area contributed by atoms with Gasteiger partial charge in [0.05, 0.1) is 38.7 Å². The van der Waals surface area contributed by atoms with E-state index in [0.717, 1.165) is 33.5 Å². The molecule has 1 N–H and O–H groups in total. The van der Waals surface area contributed by atoms with Gasteiger partial charge < -0.3 is 19.5 Å². The maximum Gasteiger partial charge on any atom is 0.245 e. The van der Waals surface area contributed by atoms with Crippen molar-refractivity contribution in [2.75, 3.05) is 26.6 Å². The predicted molar refractivity (Wildman–Crippen MR) is 126 cm³/mol. The van der Waals surface area contributed by atoms with Crippen LogP contribution in [0.3, 0.4) is 0 Å². The van der Waals surface area contributed by atoms with E-state index in [2.05, 4.69) is 15.3 Å². The summed E-state index contributed by atoms with van der Waals surface area (Å²) in [5.74, 6) is 2.69. The minimum absolute atomic E-state index is 0.397. The fourth-order valence-corrected chi connectivity index (χ4v) is 3.84. The number of pyridine rings is 1. The van der Waals surface area contributed by atoms with E-state index in [1.165, 1.54) is 0 Å². The first kappa shape index (κ1) is 20.5. The van der Waals surface area contributed by atoms with Crippen LogP contribution in [0.25, 0.3) is 27.8 Å². The number of rotatable bonds is 6. The molecule has 166 valence electrons. The van der Waals surface area contributed by atoms with Crippen LogP contribution < -0.4 is 19.5 Å². The predicted octanol–water partition coefficient (Wildman–Crippen LogP) is 4.42. The number of hydrogen-bond acceptors (Lipinski definition) is 8. The molecule has 9 nitrogen and oxygen atoms in total. The van der Waals surface area contributed by atoms with Crippen molar-refractivity contribution in [1.29, 1.82) is 0 Å². The van der Waals surface area contributed by atoms with Crippen LogP contribution in [0.1, 0.15) is 5.69 Å². The van der Waals surface area contributed by atoms with Crippen LogP contribution in [0.4, 0.5) is 11.6 Å². The number of fused-ring (bicyclic) bond motifs is 2. The summed E-state index contributed by atoms with van der Waals surface area (Å²) >= 11 is 0. The number of aromatic nitrogens is 5. The number of aryl methyl sites for hydroxylation is 1. The van der Waals surface area contributed by atoms with Crippen LogP contribution in [-0.2, 0) is 0 Å². The third kappa shape index (κ3) is 3.53. The molecule has 0 unspecified atom stereocenters. The maximum absolute atomic E-state index is 5.44. The number of hydrogen-bond donors (Lipinski definition) is 1. The molecule has 0 fully saturated rings. The summed E-state index contributed by atoms with van der Waals surface area (Å²) in [6, 6.07) is 13.5. The molecule has 5 rings (SSSR count). The van der Waals surface area contributed by atoms with Crippen LogP contribution in [-0.4, -0.2) is 45.9 Å². The van der Waals surface area contributed by atoms with Crippen LogP contribution >= 0.6 is 0 Å². The zero-order valence-corrected chi connectivity index (χ0v) is 18.7. The Kier molecular flexibility index (Phi) is 5.14. The minimum Gasteiger partial charge on any atom is -0.493 e. The highest BCUT2D eigenvalue weighted by Gasteiger charge is 2.17. The van der Waals surface area contributed by atoms with Gasteiger partial charge in [0, 0.05) is 35.0 Å². The number of anilines is 2. The van der Waals surface area contributed by atoms with Crippen molar-refractivity contribution in [3.05, 3.63) is 60.6 Å². The molecule has 0 atom stereocenters. The Morgan fingerprint density at radius 2 is 1.70 bits per heavy atom. The Hall–Kier alpha value is -4.40. The van der Waals surface area contributed by atoms with Gasteiger partial charge in [-0.2, -0.15) is 0 Å². The highest BCUT2D eigenvalue weighted by Crippen LogP contribution is 2.40. The lowest BCUT2D eigenvalue weighted by Crippen LogP contribution is -2.04. The molecule has 0 bridgehead atoms. The molecule has 0 saturated heterocycles. The summed E-state index contributed by atoms with van der Waals surface area (Å²) in [6.07, 6.45) is 3.53. The van der Waals surface area contributed by atoms with E-state index in [4.69, 9.17) is 24.3 Å². The number of benzene rings is 2. The van der Waals surface area contributed by atoms with Crippen molar-refractivity contribution >= 4 is 28.1 Å². The molecule has 33 heavy (non-hydrogen) atoms. The first-order valence-electron chi connectivity index (χ1n) is 10.3. The molecule has 0 amide bonds. The fourth-order valence-electron chi connectivity index (χ4n) is 3.84. The second kappa shape index (κ2) is 8.27. The molecule has 3 heterocycles. The molecule has 0 aliphatic rings. The molecule has 5 aromatic rings. The van der Waals surface area contributed by atoms with E-state index in [1.807, 2.05) is 37.3 Å². The molecule has 0 aliphatic carbocycles. The Balaban J connectivity index is 1.61. The average molecular weight is 442 g/mol. The quantitative estimate of drug-likeness (QED) is 0.413. The average Bonchev–Trinajstić information content (AvgIpc) is 3.18. The van der Waals surface area contributed by atoms with E-state index in [1.54, 1.807) is 50.4 Å². The first-order chi connectivity index (χ1) is 16.1. The lowest BCUT2D eigenvalue weighted by molar-refractivity contribution is 0.324. The summed E-state index contributed by atoms with van der Waals surface area (Å²) in [7, 11) is 4.71. The van der Waals surface area contributed by atoms with Gasteiger partial charge in [-0.1, -0.05) is 18.2 Å². The van der Waals surface area contributed by atoms with E-state index >= 15 is 0 Å². The SMILES string of the molecule is COc1cc(Nc2ncc3c(C)nc(-c4cccc5ncccc45)n3n2)cc(OC)c1OC. The summed E-state index contributed by atoms with van der Waals surface area (Å²) in [6.45, 7) is 1.94. The maximum atomic E-state index is 5.44. The van der Waals surface area contributed by atoms with Crippen LogP contribution in [0.2, 0.25) is 0 Å². The van der Waals surface area contributed by atoms with E-state index in [0.29, 0.717) is 28.9 Å². The monoisotopic (exact) mass is 442 g/mol. The number of imidazole rings is 1. The molecular formula is C24H22N6O3. The van der Waals surface area contributed by atoms with Gasteiger partial charge in [-0.15, -0.1) is 5.10 Å². The topological polar surface area (TPSA) is 95.7 Å². The summed E-state index contributed by atoms with van der Waals surface area (Å²) in [5, 5.41) is 8.95. The smallest absolute Gasteiger partial charge is 0.245 e. The highest BCUT2D eigenvalue weighted by molar-refractivity contribution is 5.93. The zero-order valence-electron chi connectivity index (χ0n) is 18.7. The lowest BCUT2D eigenvalue weighted by atomic mass is 10.1.